The summed E-state index contributed by atoms with van der Waals surface area (Å²) < 4.78 is 18.3. The average molecular weight is 267 g/mol. The van der Waals surface area contributed by atoms with E-state index in [9.17, 15) is 9.18 Å². The highest BCUT2D eigenvalue weighted by Gasteiger charge is 2.41. The van der Waals surface area contributed by atoms with Crippen molar-refractivity contribution in [2.45, 2.75) is 19.3 Å². The Morgan fingerprint density at radius 3 is 2.79 bits per heavy atom. The first-order valence-corrected chi connectivity index (χ1v) is 6.28. The molecule has 0 radical (unpaired) electrons. The Bertz CT molecular complexity index is 472. The Kier molecular flexibility index (Phi) is 4.04. The predicted molar refractivity (Wildman–Crippen MR) is 68.4 cm³/mol. The third kappa shape index (κ3) is 3.44. The van der Waals surface area contributed by atoms with Crippen LogP contribution >= 0.6 is 0 Å². The number of aliphatic hydroxyl groups is 1. The van der Waals surface area contributed by atoms with Crippen molar-refractivity contribution >= 4 is 5.91 Å². The lowest BCUT2D eigenvalue weighted by molar-refractivity contribution is -0.120. The molecule has 104 valence electrons. The van der Waals surface area contributed by atoms with Gasteiger partial charge < -0.3 is 15.2 Å². The van der Waals surface area contributed by atoms with Crippen LogP contribution in [0.15, 0.2) is 18.2 Å². The summed E-state index contributed by atoms with van der Waals surface area (Å²) in [6.07, 6.45) is 2.02. The molecule has 0 heterocycles. The van der Waals surface area contributed by atoms with Gasteiger partial charge >= 0.3 is 0 Å². The fourth-order valence-electron chi connectivity index (χ4n) is 1.92. The van der Waals surface area contributed by atoms with Crippen LogP contribution < -0.4 is 10.1 Å². The second kappa shape index (κ2) is 5.57. The first-order chi connectivity index (χ1) is 9.08. The average Bonchev–Trinajstić information content (AvgIpc) is 3.17. The van der Waals surface area contributed by atoms with Crippen LogP contribution in [-0.4, -0.2) is 31.3 Å². The molecule has 1 aliphatic rings. The topological polar surface area (TPSA) is 58.6 Å². The van der Waals surface area contributed by atoms with Crippen LogP contribution in [0.4, 0.5) is 4.39 Å². The number of hydrogen-bond acceptors (Lipinski definition) is 3. The molecule has 0 atom stereocenters. The van der Waals surface area contributed by atoms with Crippen molar-refractivity contribution < 1.29 is 19.0 Å². The number of halogens is 1. The van der Waals surface area contributed by atoms with Gasteiger partial charge in [0, 0.05) is 12.0 Å². The van der Waals surface area contributed by atoms with E-state index in [1.807, 2.05) is 0 Å². The van der Waals surface area contributed by atoms with Crippen molar-refractivity contribution in [1.82, 2.24) is 5.32 Å². The quantitative estimate of drug-likeness (QED) is 0.816. The van der Waals surface area contributed by atoms with E-state index in [0.29, 0.717) is 12.1 Å². The summed E-state index contributed by atoms with van der Waals surface area (Å²) in [5, 5.41) is 11.9. The number of carbonyl (C=O) groups excluding carboxylic acids is 1. The van der Waals surface area contributed by atoms with Gasteiger partial charge in [0.05, 0.1) is 20.1 Å². The van der Waals surface area contributed by atoms with Crippen molar-refractivity contribution in [3.8, 4) is 5.75 Å². The van der Waals surface area contributed by atoms with Crippen LogP contribution in [0.2, 0.25) is 0 Å². The zero-order valence-electron chi connectivity index (χ0n) is 10.9. The molecule has 1 aromatic carbocycles. The fourth-order valence-corrected chi connectivity index (χ4v) is 1.92. The summed E-state index contributed by atoms with van der Waals surface area (Å²) in [7, 11) is 1.40. The molecule has 2 rings (SSSR count). The van der Waals surface area contributed by atoms with Gasteiger partial charge in [-0.25, -0.2) is 4.39 Å². The van der Waals surface area contributed by atoms with Gasteiger partial charge in [-0.3, -0.25) is 4.79 Å². The number of rotatable bonds is 6. The molecular weight excluding hydrogens is 249 g/mol. The van der Waals surface area contributed by atoms with Crippen LogP contribution in [0.1, 0.15) is 18.4 Å². The molecule has 1 saturated carbocycles. The molecule has 0 spiro atoms. The number of hydrogen-bond donors (Lipinski definition) is 2. The van der Waals surface area contributed by atoms with Crippen LogP contribution in [-0.2, 0) is 11.2 Å². The first kappa shape index (κ1) is 13.8. The van der Waals surface area contributed by atoms with Gasteiger partial charge in [0.1, 0.15) is 0 Å². The monoisotopic (exact) mass is 267 g/mol. The van der Waals surface area contributed by atoms with Crippen molar-refractivity contribution in [3.63, 3.8) is 0 Å². The van der Waals surface area contributed by atoms with Gasteiger partial charge in [-0.15, -0.1) is 0 Å². The van der Waals surface area contributed by atoms with Crippen LogP contribution in [0.5, 0.6) is 5.75 Å². The van der Waals surface area contributed by atoms with Crippen molar-refractivity contribution in [2.24, 2.45) is 5.41 Å². The minimum absolute atomic E-state index is 0.102. The maximum Gasteiger partial charge on any atom is 0.224 e. The number of ether oxygens (including phenoxy) is 1. The van der Waals surface area contributed by atoms with E-state index in [2.05, 4.69) is 5.32 Å². The predicted octanol–water partition coefficient (Wildman–Crippen LogP) is 1.27. The molecule has 5 heteroatoms. The van der Waals surface area contributed by atoms with Gasteiger partial charge in [0.15, 0.2) is 11.6 Å². The third-order valence-corrected chi connectivity index (χ3v) is 3.53. The van der Waals surface area contributed by atoms with Crippen molar-refractivity contribution in [1.29, 1.82) is 0 Å². The standard InChI is InChI=1S/C14H18FNO3/c1-19-12-3-2-10(6-11(12)15)7-13(18)16-8-14(9-17)4-5-14/h2-3,6,17H,4-5,7-9H2,1H3,(H,16,18). The van der Waals surface area contributed by atoms with Crippen LogP contribution in [0.25, 0.3) is 0 Å². The molecule has 0 saturated heterocycles. The van der Waals surface area contributed by atoms with Crippen LogP contribution in [0, 0.1) is 11.2 Å². The lowest BCUT2D eigenvalue weighted by Crippen LogP contribution is -2.32. The van der Waals surface area contributed by atoms with Crippen LogP contribution in [0.3, 0.4) is 0 Å². The Morgan fingerprint density at radius 2 is 2.26 bits per heavy atom. The van der Waals surface area contributed by atoms with Crippen molar-refractivity contribution in [2.75, 3.05) is 20.3 Å². The molecule has 0 aliphatic heterocycles. The number of carbonyl (C=O) groups is 1. The SMILES string of the molecule is COc1ccc(CC(=O)NCC2(CO)CC2)cc1F. The Hall–Kier alpha value is -1.62. The van der Waals surface area contributed by atoms with Gasteiger partial charge in [0.25, 0.3) is 0 Å². The molecule has 19 heavy (non-hydrogen) atoms. The largest absolute Gasteiger partial charge is 0.494 e. The maximum absolute atomic E-state index is 13.5. The number of benzene rings is 1. The zero-order valence-corrected chi connectivity index (χ0v) is 10.9. The molecule has 1 amide bonds. The third-order valence-electron chi connectivity index (χ3n) is 3.53. The molecule has 4 nitrogen and oxygen atoms in total. The molecule has 1 aliphatic carbocycles. The Labute approximate surface area is 111 Å². The number of aliphatic hydroxyl groups excluding tert-OH is 1. The molecule has 1 aromatic rings. The highest BCUT2D eigenvalue weighted by atomic mass is 19.1. The molecular formula is C14H18FNO3. The van der Waals surface area contributed by atoms with E-state index in [1.54, 1.807) is 6.07 Å². The van der Waals surface area contributed by atoms with E-state index in [1.165, 1.54) is 19.2 Å². The molecule has 0 bridgehead atoms. The van der Waals surface area contributed by atoms with E-state index >= 15 is 0 Å². The molecule has 0 unspecified atom stereocenters. The van der Waals surface area contributed by atoms with Gasteiger partial charge in [0.2, 0.25) is 5.91 Å². The van der Waals surface area contributed by atoms with E-state index < -0.39 is 5.82 Å². The summed E-state index contributed by atoms with van der Waals surface area (Å²) in [6.45, 7) is 0.589. The first-order valence-electron chi connectivity index (χ1n) is 6.28. The number of methoxy groups -OCH3 is 1. The maximum atomic E-state index is 13.5. The molecule has 2 N–H and O–H groups in total. The molecule has 1 fully saturated rings. The minimum Gasteiger partial charge on any atom is -0.494 e. The summed E-state index contributed by atoms with van der Waals surface area (Å²) in [6, 6.07) is 4.48. The highest BCUT2D eigenvalue weighted by Crippen LogP contribution is 2.44. The van der Waals surface area contributed by atoms with Crippen molar-refractivity contribution in [3.05, 3.63) is 29.6 Å². The highest BCUT2D eigenvalue weighted by molar-refractivity contribution is 5.78. The van der Waals surface area contributed by atoms with E-state index in [4.69, 9.17) is 9.84 Å². The smallest absolute Gasteiger partial charge is 0.224 e. The number of amides is 1. The fraction of sp³-hybridized carbons (Fsp3) is 0.500. The van der Waals surface area contributed by atoms with Gasteiger partial charge in [-0.1, -0.05) is 6.07 Å². The second-order valence-corrected chi connectivity index (χ2v) is 5.08. The van der Waals surface area contributed by atoms with E-state index in [0.717, 1.165) is 12.8 Å². The lowest BCUT2D eigenvalue weighted by atomic mass is 10.1. The van der Waals surface area contributed by atoms with Gasteiger partial charge in [-0.2, -0.15) is 0 Å². The normalized spacial score (nSPS) is 15.9. The second-order valence-electron chi connectivity index (χ2n) is 5.08. The number of nitrogens with one attached hydrogen (secondary N) is 1. The van der Waals surface area contributed by atoms with E-state index in [-0.39, 0.29) is 30.1 Å². The zero-order chi connectivity index (χ0) is 13.9. The Balaban J connectivity index is 1.86. The Morgan fingerprint density at radius 1 is 1.53 bits per heavy atom. The summed E-state index contributed by atoms with van der Waals surface area (Å²) >= 11 is 0. The summed E-state index contributed by atoms with van der Waals surface area (Å²) in [5.74, 6) is -0.465. The summed E-state index contributed by atoms with van der Waals surface area (Å²) in [5.41, 5.74) is 0.491. The minimum atomic E-state index is -0.471. The lowest BCUT2D eigenvalue weighted by Gasteiger charge is -2.12. The molecule has 0 aromatic heterocycles. The summed E-state index contributed by atoms with van der Waals surface area (Å²) in [4.78, 5) is 11.7. The van der Waals surface area contributed by atoms with Gasteiger partial charge in [-0.05, 0) is 30.5 Å².